The number of aromatic nitrogens is 1. The molecule has 3 aliphatic rings. The number of amides is 2. The molecule has 0 radical (unpaired) electrons. The molecule has 1 N–H and O–H groups in total. The van der Waals surface area contributed by atoms with Crippen LogP contribution < -0.4 is 19.9 Å². The number of likely N-dealkylation sites (N-methyl/N-ethyl adjacent to an activating group) is 1. The van der Waals surface area contributed by atoms with E-state index in [0.29, 0.717) is 29.8 Å². The highest BCUT2D eigenvalue weighted by Gasteiger charge is 2.44. The summed E-state index contributed by atoms with van der Waals surface area (Å²) in [5.74, 6) is 0.398. The van der Waals surface area contributed by atoms with Crippen LogP contribution in [0.3, 0.4) is 0 Å². The van der Waals surface area contributed by atoms with Gasteiger partial charge in [-0.2, -0.15) is 0 Å². The van der Waals surface area contributed by atoms with Crippen LogP contribution in [0, 0.1) is 5.41 Å². The van der Waals surface area contributed by atoms with Crippen molar-refractivity contribution in [1.82, 2.24) is 10.3 Å². The highest BCUT2D eigenvalue weighted by molar-refractivity contribution is 6.02. The minimum Gasteiger partial charge on any atom is -0.457 e. The number of nitrogens with zero attached hydrogens (tertiary/aromatic N) is 3. The molecule has 0 saturated carbocycles. The number of pyridine rings is 1. The fourth-order valence-electron chi connectivity index (χ4n) is 5.60. The Bertz CT molecular complexity index is 1350. The minimum absolute atomic E-state index is 0.164. The van der Waals surface area contributed by atoms with E-state index in [1.807, 2.05) is 36.4 Å². The first-order valence-electron chi connectivity index (χ1n) is 13.8. The summed E-state index contributed by atoms with van der Waals surface area (Å²) in [5.41, 5.74) is 3.34. The molecule has 1 aromatic heterocycles. The third kappa shape index (κ3) is 4.84. The topological polar surface area (TPSA) is 84.0 Å². The largest absolute Gasteiger partial charge is 0.457 e. The van der Waals surface area contributed by atoms with Crippen molar-refractivity contribution in [3.63, 3.8) is 0 Å². The second-order valence-corrected chi connectivity index (χ2v) is 10.4. The lowest BCUT2D eigenvalue weighted by Crippen LogP contribution is -2.58. The van der Waals surface area contributed by atoms with Crippen molar-refractivity contribution in [2.45, 2.75) is 31.7 Å². The van der Waals surface area contributed by atoms with Crippen LogP contribution in [0.25, 0.3) is 0 Å². The SMILES string of the molecule is [2H]CN1C(=O)C(NC(=O)c2cc(Oc3ccccc3)ccn2)CCc2ccc(N3CC4(CCOCC4)C3)cc21. The van der Waals surface area contributed by atoms with E-state index in [2.05, 4.69) is 27.3 Å². The van der Waals surface area contributed by atoms with Crippen LogP contribution in [0.2, 0.25) is 0 Å². The van der Waals surface area contributed by atoms with Gasteiger partial charge in [0.15, 0.2) is 0 Å². The van der Waals surface area contributed by atoms with Crippen LogP contribution in [0.1, 0.15) is 36.7 Å². The standard InChI is InChI=1S/C30H32N4O4/c1-33-27-17-22(34-19-30(20-34)12-15-37-16-13-30)9-7-21(27)8-10-25(29(33)36)32-28(35)26-18-24(11-14-31-26)38-23-5-3-2-4-6-23/h2-7,9,11,14,17-18,25H,8,10,12-13,15-16,19-20H2,1H3,(H,32,35)/i1D. The van der Waals surface area contributed by atoms with Gasteiger partial charge < -0.3 is 24.6 Å². The maximum Gasteiger partial charge on any atom is 0.270 e. The summed E-state index contributed by atoms with van der Waals surface area (Å²) >= 11 is 0. The lowest BCUT2D eigenvalue weighted by atomic mass is 9.73. The van der Waals surface area contributed by atoms with Gasteiger partial charge in [0.1, 0.15) is 23.2 Å². The van der Waals surface area contributed by atoms with Crippen LogP contribution in [-0.2, 0) is 16.0 Å². The van der Waals surface area contributed by atoms with E-state index in [0.717, 1.165) is 56.1 Å². The molecule has 0 aliphatic carbocycles. The Morgan fingerprint density at radius 1 is 1.11 bits per heavy atom. The van der Waals surface area contributed by atoms with Crippen LogP contribution in [-0.4, -0.2) is 56.2 Å². The fourth-order valence-corrected chi connectivity index (χ4v) is 5.60. The van der Waals surface area contributed by atoms with E-state index in [1.165, 1.54) is 11.1 Å². The summed E-state index contributed by atoms with van der Waals surface area (Å²) in [6.45, 7) is 3.63. The van der Waals surface area contributed by atoms with E-state index in [-0.39, 0.29) is 18.6 Å². The monoisotopic (exact) mass is 513 g/mol. The van der Waals surface area contributed by atoms with Gasteiger partial charge >= 0.3 is 0 Å². The molecule has 196 valence electrons. The van der Waals surface area contributed by atoms with E-state index < -0.39 is 11.9 Å². The third-order valence-corrected chi connectivity index (χ3v) is 7.85. The number of carbonyl (C=O) groups excluding carboxylic acids is 2. The average Bonchev–Trinajstić information content (AvgIpc) is 3.08. The van der Waals surface area contributed by atoms with Crippen molar-refractivity contribution in [2.24, 2.45) is 5.41 Å². The maximum atomic E-state index is 13.5. The second-order valence-electron chi connectivity index (χ2n) is 10.4. The van der Waals surface area contributed by atoms with Gasteiger partial charge in [-0.25, -0.2) is 0 Å². The van der Waals surface area contributed by atoms with E-state index in [4.69, 9.17) is 10.8 Å². The van der Waals surface area contributed by atoms with Gasteiger partial charge in [-0.15, -0.1) is 0 Å². The average molecular weight is 514 g/mol. The minimum atomic E-state index is -0.756. The Hall–Kier alpha value is -3.91. The quantitative estimate of drug-likeness (QED) is 0.551. The van der Waals surface area contributed by atoms with Crippen molar-refractivity contribution < 1.29 is 20.4 Å². The number of nitrogens with one attached hydrogen (secondary N) is 1. The molecule has 2 amide bonds. The van der Waals surface area contributed by atoms with E-state index in [1.54, 1.807) is 12.1 Å². The first kappa shape index (κ1) is 23.2. The van der Waals surface area contributed by atoms with Crippen LogP contribution in [0.5, 0.6) is 11.5 Å². The molecule has 3 aromatic rings. The molecule has 2 aromatic carbocycles. The number of benzene rings is 2. The zero-order chi connectivity index (χ0) is 26.8. The van der Waals surface area contributed by atoms with E-state index >= 15 is 0 Å². The molecule has 6 rings (SSSR count). The predicted molar refractivity (Wildman–Crippen MR) is 145 cm³/mol. The summed E-state index contributed by atoms with van der Waals surface area (Å²) in [6, 6.07) is 18.0. The third-order valence-electron chi connectivity index (χ3n) is 7.85. The number of para-hydroxylation sites is 1. The highest BCUT2D eigenvalue weighted by Crippen LogP contribution is 2.43. The van der Waals surface area contributed by atoms with Gasteiger partial charge in [-0.05, 0) is 61.6 Å². The molecule has 8 nitrogen and oxygen atoms in total. The number of carbonyl (C=O) groups is 2. The summed E-state index contributed by atoms with van der Waals surface area (Å²) in [7, 11) is -0.221. The summed E-state index contributed by atoms with van der Waals surface area (Å²) in [5, 5.41) is 2.86. The molecule has 1 unspecified atom stereocenters. The summed E-state index contributed by atoms with van der Waals surface area (Å²) < 4.78 is 19.5. The molecule has 8 heteroatoms. The van der Waals surface area contributed by atoms with Crippen LogP contribution in [0.15, 0.2) is 66.9 Å². The Kier molecular flexibility index (Phi) is 6.17. The molecule has 2 fully saturated rings. The molecule has 4 heterocycles. The fraction of sp³-hybridized carbons (Fsp3) is 0.367. The Morgan fingerprint density at radius 2 is 1.92 bits per heavy atom. The molecule has 1 atom stereocenters. The highest BCUT2D eigenvalue weighted by atomic mass is 16.5. The van der Waals surface area contributed by atoms with Gasteiger partial charge in [0.25, 0.3) is 5.91 Å². The van der Waals surface area contributed by atoms with Gasteiger partial charge in [0.05, 0.1) is 0 Å². The second kappa shape index (κ2) is 10.1. The Morgan fingerprint density at radius 3 is 2.71 bits per heavy atom. The molecule has 2 saturated heterocycles. The normalized spacial score (nSPS) is 20.7. The molecular formula is C30H32N4O4. The van der Waals surface area contributed by atoms with Gasteiger partial charge in [-0.3, -0.25) is 14.6 Å². The lowest BCUT2D eigenvalue weighted by Gasteiger charge is -2.53. The lowest BCUT2D eigenvalue weighted by molar-refractivity contribution is -0.120. The molecule has 0 bridgehead atoms. The van der Waals surface area contributed by atoms with Crippen molar-refractivity contribution >= 4 is 23.2 Å². The number of rotatable bonds is 5. The number of anilines is 2. The van der Waals surface area contributed by atoms with Crippen LogP contribution in [0.4, 0.5) is 11.4 Å². The number of ether oxygens (including phenoxy) is 2. The van der Waals surface area contributed by atoms with Gasteiger partial charge in [-0.1, -0.05) is 24.3 Å². The first-order valence-corrected chi connectivity index (χ1v) is 13.1. The molecule has 3 aliphatic heterocycles. The number of aryl methyl sites for hydroxylation is 1. The molecular weight excluding hydrogens is 480 g/mol. The number of fused-ring (bicyclic) bond motifs is 1. The molecule has 38 heavy (non-hydrogen) atoms. The predicted octanol–water partition coefficient (Wildman–Crippen LogP) is 4.20. The Labute approximate surface area is 224 Å². The van der Waals surface area contributed by atoms with Crippen molar-refractivity contribution in [3.8, 4) is 11.5 Å². The van der Waals surface area contributed by atoms with Gasteiger partial charge in [0.2, 0.25) is 5.91 Å². The molecule has 1 spiro atoms. The van der Waals surface area contributed by atoms with Crippen LogP contribution >= 0.6 is 0 Å². The zero-order valence-corrected chi connectivity index (χ0v) is 21.3. The van der Waals surface area contributed by atoms with Gasteiger partial charge in [0, 0.05) is 63.8 Å². The Balaban J connectivity index is 1.15. The van der Waals surface area contributed by atoms with E-state index in [9.17, 15) is 9.59 Å². The zero-order valence-electron chi connectivity index (χ0n) is 22.3. The van der Waals surface area contributed by atoms with Crippen molar-refractivity contribution in [2.75, 3.05) is 43.1 Å². The van der Waals surface area contributed by atoms with Crippen molar-refractivity contribution in [1.29, 1.82) is 0 Å². The summed E-state index contributed by atoms with van der Waals surface area (Å²) in [4.78, 5) is 34.7. The number of hydrogen-bond acceptors (Lipinski definition) is 6. The first-order chi connectivity index (χ1) is 19.0. The summed E-state index contributed by atoms with van der Waals surface area (Å²) in [6.07, 6.45) is 4.75. The number of hydrogen-bond donors (Lipinski definition) is 1. The smallest absolute Gasteiger partial charge is 0.270 e. The maximum absolute atomic E-state index is 13.5. The van der Waals surface area contributed by atoms with Crippen molar-refractivity contribution in [3.05, 3.63) is 78.1 Å².